The van der Waals surface area contributed by atoms with Crippen molar-refractivity contribution in [2.24, 2.45) is 4.99 Å². The van der Waals surface area contributed by atoms with Crippen LogP contribution < -0.4 is 11.1 Å². The molecule has 0 heterocycles. The van der Waals surface area contributed by atoms with E-state index in [4.69, 9.17) is 10.5 Å². The maximum Gasteiger partial charge on any atom is 0.413 e. The fourth-order valence-corrected chi connectivity index (χ4v) is 2.62. The van der Waals surface area contributed by atoms with E-state index in [1.54, 1.807) is 33.1 Å². The smallest absolute Gasteiger partial charge is 0.413 e. The van der Waals surface area contributed by atoms with E-state index >= 15 is 0 Å². The van der Waals surface area contributed by atoms with Crippen LogP contribution in [-0.4, -0.2) is 23.1 Å². The van der Waals surface area contributed by atoms with E-state index in [1.165, 1.54) is 23.9 Å². The molecule has 1 saturated carbocycles. The molecular formula is C16H22FN3O2S. The third kappa shape index (κ3) is 4.60. The Labute approximate surface area is 139 Å². The molecule has 0 saturated heterocycles. The van der Waals surface area contributed by atoms with Gasteiger partial charge >= 0.3 is 6.09 Å². The molecule has 0 aliphatic heterocycles. The number of nitrogens with zero attached hydrogens (tertiary/aromatic N) is 1. The molecule has 0 aromatic heterocycles. The lowest BCUT2D eigenvalue weighted by atomic mass is 10.0. The van der Waals surface area contributed by atoms with Crippen LogP contribution >= 0.6 is 11.8 Å². The Morgan fingerprint density at radius 2 is 2.09 bits per heavy atom. The predicted molar refractivity (Wildman–Crippen MR) is 92.0 cm³/mol. The summed E-state index contributed by atoms with van der Waals surface area (Å²) in [6.45, 7) is 5.35. The van der Waals surface area contributed by atoms with Crippen molar-refractivity contribution in [3.05, 3.63) is 29.6 Å². The molecule has 1 aliphatic carbocycles. The zero-order chi connectivity index (χ0) is 17.3. The number of benzene rings is 1. The van der Waals surface area contributed by atoms with Gasteiger partial charge in [-0.25, -0.2) is 9.18 Å². The highest BCUT2D eigenvalue weighted by atomic mass is 32.2. The molecule has 1 fully saturated rings. The van der Waals surface area contributed by atoms with Gasteiger partial charge in [0.25, 0.3) is 0 Å². The Morgan fingerprint density at radius 1 is 1.43 bits per heavy atom. The Hall–Kier alpha value is -1.76. The number of amidine groups is 1. The van der Waals surface area contributed by atoms with Crippen molar-refractivity contribution in [3.63, 3.8) is 0 Å². The largest absolute Gasteiger partial charge is 0.444 e. The molecule has 1 aromatic rings. The normalized spacial score (nSPS) is 16.8. The number of carbonyl (C=O) groups excluding carboxylic acids is 1. The maximum atomic E-state index is 14.1. The summed E-state index contributed by atoms with van der Waals surface area (Å²) < 4.78 is 19.3. The van der Waals surface area contributed by atoms with Gasteiger partial charge in [0.1, 0.15) is 11.4 Å². The standard InChI is InChI=1S/C16H22FN3O2S/c1-15(2,3)22-14(21)19-13(23-4)20-16(7-8-16)11-9-10(18)5-6-12(11)17/h5-6,9H,7-8,18H2,1-4H3,(H,19,20,21). The van der Waals surface area contributed by atoms with Crippen LogP contribution in [0, 0.1) is 5.82 Å². The second-order valence-corrected chi connectivity index (χ2v) is 7.31. The third-order valence-corrected chi connectivity index (χ3v) is 3.91. The number of amides is 1. The molecular weight excluding hydrogens is 317 g/mol. The van der Waals surface area contributed by atoms with E-state index in [9.17, 15) is 9.18 Å². The Morgan fingerprint density at radius 3 is 2.61 bits per heavy atom. The van der Waals surface area contributed by atoms with Crippen LogP contribution in [0.25, 0.3) is 0 Å². The number of nitrogens with two attached hydrogens (primary N) is 1. The third-order valence-electron chi connectivity index (χ3n) is 3.33. The lowest BCUT2D eigenvalue weighted by Gasteiger charge is -2.20. The number of thioether (sulfide) groups is 1. The van der Waals surface area contributed by atoms with Gasteiger partial charge in [0.05, 0.1) is 5.54 Å². The number of carbonyl (C=O) groups is 1. The molecule has 0 unspecified atom stereocenters. The molecule has 2 rings (SSSR count). The van der Waals surface area contributed by atoms with Crippen LogP contribution in [0.1, 0.15) is 39.2 Å². The van der Waals surface area contributed by atoms with Gasteiger partial charge in [0, 0.05) is 11.3 Å². The summed E-state index contributed by atoms with van der Waals surface area (Å²) in [5.41, 5.74) is 5.48. The van der Waals surface area contributed by atoms with Gasteiger partial charge < -0.3 is 10.5 Å². The molecule has 5 nitrogen and oxygen atoms in total. The topological polar surface area (TPSA) is 76.7 Å². The summed E-state index contributed by atoms with van der Waals surface area (Å²) in [5.74, 6) is -0.335. The highest BCUT2D eigenvalue weighted by molar-refractivity contribution is 8.13. The van der Waals surface area contributed by atoms with E-state index in [-0.39, 0.29) is 5.82 Å². The first-order valence-electron chi connectivity index (χ1n) is 7.34. The van der Waals surface area contributed by atoms with Crippen LogP contribution in [0.3, 0.4) is 0 Å². The molecule has 23 heavy (non-hydrogen) atoms. The van der Waals surface area contributed by atoms with Gasteiger partial charge in [-0.1, -0.05) is 11.8 Å². The Bertz CT molecular complexity index is 637. The summed E-state index contributed by atoms with van der Waals surface area (Å²) in [6, 6.07) is 4.48. The van der Waals surface area contributed by atoms with E-state index in [0.717, 1.165) is 0 Å². The Kier molecular flexibility index (Phi) is 4.89. The average molecular weight is 339 g/mol. The van der Waals surface area contributed by atoms with Gasteiger partial charge in [0.2, 0.25) is 0 Å². The predicted octanol–water partition coefficient (Wildman–Crippen LogP) is 3.64. The minimum absolute atomic E-state index is 0.335. The lowest BCUT2D eigenvalue weighted by Crippen LogP contribution is -2.35. The number of ether oxygens (including phenoxy) is 1. The average Bonchev–Trinajstić information content (AvgIpc) is 3.19. The number of nitrogens with one attached hydrogen (secondary N) is 1. The van der Waals surface area contributed by atoms with Gasteiger partial charge in [-0.2, -0.15) is 0 Å². The van der Waals surface area contributed by atoms with Crippen molar-refractivity contribution in [1.29, 1.82) is 0 Å². The first-order valence-corrected chi connectivity index (χ1v) is 8.57. The highest BCUT2D eigenvalue weighted by Gasteiger charge is 2.47. The molecule has 0 radical (unpaired) electrons. The molecule has 1 aliphatic rings. The summed E-state index contributed by atoms with van der Waals surface area (Å²) >= 11 is 1.28. The minimum Gasteiger partial charge on any atom is -0.444 e. The van der Waals surface area contributed by atoms with Gasteiger partial charge in [-0.3, -0.25) is 10.3 Å². The molecule has 7 heteroatoms. The molecule has 0 bridgehead atoms. The number of hydrogen-bond donors (Lipinski definition) is 2. The molecule has 0 spiro atoms. The van der Waals surface area contributed by atoms with E-state index in [1.807, 2.05) is 0 Å². The van der Waals surface area contributed by atoms with Crippen molar-refractivity contribution in [1.82, 2.24) is 5.32 Å². The Balaban J connectivity index is 2.20. The SMILES string of the molecule is CSC(=NC1(c2cc(N)ccc2F)CC1)NC(=O)OC(C)(C)C. The molecule has 3 N–H and O–H groups in total. The summed E-state index contributed by atoms with van der Waals surface area (Å²) in [7, 11) is 0. The molecule has 1 amide bonds. The van der Waals surface area contributed by atoms with Crippen LogP contribution in [0.2, 0.25) is 0 Å². The van der Waals surface area contributed by atoms with Crippen molar-refractivity contribution < 1.29 is 13.9 Å². The zero-order valence-corrected chi connectivity index (χ0v) is 14.6. The minimum atomic E-state index is -0.646. The molecule has 1 aromatic carbocycles. The fraction of sp³-hybridized carbons (Fsp3) is 0.500. The van der Waals surface area contributed by atoms with E-state index in [2.05, 4.69) is 10.3 Å². The monoisotopic (exact) mass is 339 g/mol. The maximum absolute atomic E-state index is 14.1. The van der Waals surface area contributed by atoms with Crippen molar-refractivity contribution >= 4 is 28.7 Å². The molecule has 0 atom stereocenters. The number of rotatable bonds is 2. The fourth-order valence-electron chi connectivity index (χ4n) is 2.17. The summed E-state index contributed by atoms with van der Waals surface area (Å²) in [6.07, 6.45) is 2.65. The number of aliphatic imine (C=N–C) groups is 1. The van der Waals surface area contributed by atoms with Crippen LogP contribution in [0.15, 0.2) is 23.2 Å². The summed E-state index contributed by atoms with van der Waals surface area (Å²) in [4.78, 5) is 16.4. The van der Waals surface area contributed by atoms with Crippen molar-refractivity contribution in [3.8, 4) is 0 Å². The van der Waals surface area contributed by atoms with E-state index < -0.39 is 17.2 Å². The van der Waals surface area contributed by atoms with Gasteiger partial charge in [-0.05, 0) is 58.1 Å². The second-order valence-electron chi connectivity index (χ2n) is 6.52. The van der Waals surface area contributed by atoms with Gasteiger partial charge in [-0.15, -0.1) is 0 Å². The molecule has 126 valence electrons. The van der Waals surface area contributed by atoms with Crippen LogP contribution in [-0.2, 0) is 10.3 Å². The lowest BCUT2D eigenvalue weighted by molar-refractivity contribution is 0.0564. The number of hydrogen-bond acceptors (Lipinski definition) is 5. The van der Waals surface area contributed by atoms with Crippen molar-refractivity contribution in [2.75, 3.05) is 12.0 Å². The van der Waals surface area contributed by atoms with Crippen molar-refractivity contribution in [2.45, 2.75) is 44.8 Å². The number of alkyl carbamates (subject to hydrolysis) is 1. The number of nitrogen functional groups attached to an aromatic ring is 1. The summed E-state index contributed by atoms with van der Waals surface area (Å²) in [5, 5.41) is 3.02. The first kappa shape index (κ1) is 17.6. The van der Waals surface area contributed by atoms with Crippen LogP contribution in [0.4, 0.5) is 14.9 Å². The highest BCUT2D eigenvalue weighted by Crippen LogP contribution is 2.51. The number of halogens is 1. The number of anilines is 1. The quantitative estimate of drug-likeness (QED) is 0.490. The van der Waals surface area contributed by atoms with Gasteiger partial charge in [0.15, 0.2) is 5.17 Å². The van der Waals surface area contributed by atoms with Crippen LogP contribution in [0.5, 0.6) is 0 Å². The van der Waals surface area contributed by atoms with E-state index in [0.29, 0.717) is 29.3 Å². The second kappa shape index (κ2) is 6.39. The first-order chi connectivity index (χ1) is 10.6. The zero-order valence-electron chi connectivity index (χ0n) is 13.8.